The SMILES string of the molecule is CCC/C=[N+]1/N=C([O-])[C@H](NC(=O)c2ccccc2)[C@H]1c1ccccc1. The molecule has 3 rings (SSSR count). The van der Waals surface area contributed by atoms with Crippen molar-refractivity contribution in [3.63, 3.8) is 0 Å². The molecule has 25 heavy (non-hydrogen) atoms. The van der Waals surface area contributed by atoms with Crippen molar-refractivity contribution in [2.24, 2.45) is 5.10 Å². The van der Waals surface area contributed by atoms with Gasteiger partial charge in [0.05, 0.1) is 5.90 Å². The van der Waals surface area contributed by atoms with Crippen molar-refractivity contribution in [3.8, 4) is 0 Å². The zero-order chi connectivity index (χ0) is 17.6. The molecule has 0 spiro atoms. The smallest absolute Gasteiger partial charge is 0.252 e. The maximum Gasteiger partial charge on any atom is 0.252 e. The number of carbonyl (C=O) groups excluding carboxylic acids is 1. The number of benzene rings is 2. The molecule has 1 aliphatic heterocycles. The zero-order valence-corrected chi connectivity index (χ0v) is 14.1. The van der Waals surface area contributed by atoms with E-state index in [9.17, 15) is 9.90 Å². The van der Waals surface area contributed by atoms with Gasteiger partial charge in [0, 0.05) is 17.5 Å². The van der Waals surface area contributed by atoms with Gasteiger partial charge in [0.15, 0.2) is 6.21 Å². The minimum atomic E-state index is -0.705. The molecule has 0 radical (unpaired) electrons. The van der Waals surface area contributed by atoms with E-state index in [0.717, 1.165) is 18.4 Å². The Morgan fingerprint density at radius 1 is 1.16 bits per heavy atom. The summed E-state index contributed by atoms with van der Waals surface area (Å²) in [5.41, 5.74) is 1.47. The van der Waals surface area contributed by atoms with Gasteiger partial charge in [-0.3, -0.25) is 4.79 Å². The van der Waals surface area contributed by atoms with Crippen LogP contribution in [0.15, 0.2) is 65.8 Å². The molecule has 1 aliphatic rings. The first-order valence-corrected chi connectivity index (χ1v) is 8.48. The molecule has 2 aromatic rings. The third-order valence-corrected chi connectivity index (χ3v) is 4.15. The summed E-state index contributed by atoms with van der Waals surface area (Å²) in [6, 6.07) is 17.5. The minimum Gasteiger partial charge on any atom is -0.856 e. The Kier molecular flexibility index (Phi) is 5.23. The Bertz CT molecular complexity index is 785. The molecule has 0 fully saturated rings. The van der Waals surface area contributed by atoms with E-state index in [4.69, 9.17) is 0 Å². The van der Waals surface area contributed by atoms with Crippen molar-refractivity contribution >= 4 is 18.0 Å². The molecule has 1 heterocycles. The van der Waals surface area contributed by atoms with Gasteiger partial charge in [-0.25, -0.2) is 0 Å². The second-order valence-electron chi connectivity index (χ2n) is 5.96. The summed E-state index contributed by atoms with van der Waals surface area (Å²) in [6.07, 6.45) is 3.70. The van der Waals surface area contributed by atoms with E-state index in [0.29, 0.717) is 5.56 Å². The first-order valence-electron chi connectivity index (χ1n) is 8.48. The highest BCUT2D eigenvalue weighted by Crippen LogP contribution is 2.26. The normalized spacial score (nSPS) is 21.2. The van der Waals surface area contributed by atoms with Crippen molar-refractivity contribution in [1.82, 2.24) is 5.32 Å². The molecule has 2 atom stereocenters. The number of rotatable bonds is 5. The van der Waals surface area contributed by atoms with Gasteiger partial charge in [0.1, 0.15) is 6.04 Å². The van der Waals surface area contributed by atoms with Crippen LogP contribution in [-0.4, -0.2) is 28.7 Å². The molecule has 0 aromatic heterocycles. The Hall–Kier alpha value is -2.95. The van der Waals surface area contributed by atoms with Gasteiger partial charge in [0.2, 0.25) is 6.04 Å². The van der Waals surface area contributed by atoms with E-state index < -0.39 is 6.04 Å². The number of amides is 1. The molecule has 5 heteroatoms. The molecule has 0 saturated carbocycles. The Balaban J connectivity index is 1.90. The van der Waals surface area contributed by atoms with Crippen LogP contribution < -0.4 is 10.4 Å². The third kappa shape index (κ3) is 3.76. The zero-order valence-electron chi connectivity index (χ0n) is 14.1. The fraction of sp³-hybridized carbons (Fsp3) is 0.250. The second kappa shape index (κ2) is 7.75. The van der Waals surface area contributed by atoms with E-state index >= 15 is 0 Å². The van der Waals surface area contributed by atoms with Gasteiger partial charge in [0.25, 0.3) is 5.91 Å². The number of hydrogen-bond donors (Lipinski definition) is 1. The van der Waals surface area contributed by atoms with Crippen LogP contribution in [0, 0.1) is 0 Å². The number of hydrazone groups is 1. The van der Waals surface area contributed by atoms with Crippen molar-refractivity contribution in [1.29, 1.82) is 0 Å². The maximum absolute atomic E-state index is 12.5. The molecular weight excluding hydrogens is 314 g/mol. The second-order valence-corrected chi connectivity index (χ2v) is 5.96. The molecule has 0 bridgehead atoms. The summed E-state index contributed by atoms with van der Waals surface area (Å²) < 4.78 is 1.69. The number of nitrogens with one attached hydrogen (secondary N) is 1. The van der Waals surface area contributed by atoms with Gasteiger partial charge < -0.3 is 10.4 Å². The Labute approximate surface area is 147 Å². The predicted molar refractivity (Wildman–Crippen MR) is 95.5 cm³/mol. The quantitative estimate of drug-likeness (QED) is 0.850. The van der Waals surface area contributed by atoms with Crippen LogP contribution in [0.25, 0.3) is 0 Å². The number of hydrogen-bond acceptors (Lipinski definition) is 3. The molecule has 1 N–H and O–H groups in total. The Morgan fingerprint density at radius 3 is 2.44 bits per heavy atom. The van der Waals surface area contributed by atoms with Crippen LogP contribution in [0.4, 0.5) is 0 Å². The highest BCUT2D eigenvalue weighted by Gasteiger charge is 2.40. The van der Waals surface area contributed by atoms with Gasteiger partial charge in [-0.05, 0) is 23.7 Å². The monoisotopic (exact) mass is 335 g/mol. The van der Waals surface area contributed by atoms with Crippen LogP contribution in [0.3, 0.4) is 0 Å². The average Bonchev–Trinajstić information content (AvgIpc) is 2.96. The van der Waals surface area contributed by atoms with E-state index in [1.165, 1.54) is 0 Å². The van der Waals surface area contributed by atoms with Crippen molar-refractivity contribution in [2.45, 2.75) is 31.8 Å². The van der Waals surface area contributed by atoms with Gasteiger partial charge in [-0.1, -0.05) is 60.1 Å². The lowest BCUT2D eigenvalue weighted by atomic mass is 9.99. The van der Waals surface area contributed by atoms with Crippen molar-refractivity contribution in [3.05, 3.63) is 71.8 Å². The lowest BCUT2D eigenvalue weighted by molar-refractivity contribution is -0.566. The number of unbranched alkanes of at least 4 members (excludes halogenated alkanes) is 1. The van der Waals surface area contributed by atoms with Gasteiger partial charge >= 0.3 is 0 Å². The van der Waals surface area contributed by atoms with Crippen LogP contribution >= 0.6 is 0 Å². The third-order valence-electron chi connectivity index (χ3n) is 4.15. The molecule has 0 unspecified atom stereocenters. The van der Waals surface area contributed by atoms with Crippen molar-refractivity contribution < 1.29 is 14.6 Å². The summed E-state index contributed by atoms with van der Waals surface area (Å²) in [6.45, 7) is 2.07. The summed E-state index contributed by atoms with van der Waals surface area (Å²) in [5, 5.41) is 19.4. The molecule has 128 valence electrons. The molecule has 2 aromatic carbocycles. The number of nitrogens with zero attached hydrogens (tertiary/aromatic N) is 2. The van der Waals surface area contributed by atoms with Crippen LogP contribution in [0.1, 0.15) is 41.7 Å². The summed E-state index contributed by atoms with van der Waals surface area (Å²) >= 11 is 0. The van der Waals surface area contributed by atoms with Crippen molar-refractivity contribution in [2.75, 3.05) is 0 Å². The average molecular weight is 335 g/mol. The lowest BCUT2D eigenvalue weighted by Crippen LogP contribution is -2.47. The summed E-state index contributed by atoms with van der Waals surface area (Å²) in [4.78, 5) is 12.5. The van der Waals surface area contributed by atoms with Crippen LogP contribution in [0.5, 0.6) is 0 Å². The lowest BCUT2D eigenvalue weighted by Gasteiger charge is -2.20. The first kappa shape index (κ1) is 16.9. The largest absolute Gasteiger partial charge is 0.856 e. The maximum atomic E-state index is 12.5. The minimum absolute atomic E-state index is 0.271. The molecular formula is C20H21N3O2. The first-order chi connectivity index (χ1) is 12.2. The molecule has 1 amide bonds. The highest BCUT2D eigenvalue weighted by molar-refractivity contribution is 5.97. The van der Waals surface area contributed by atoms with Gasteiger partial charge in [-0.2, -0.15) is 0 Å². The molecule has 0 aliphatic carbocycles. The number of carbonyl (C=O) groups is 1. The van der Waals surface area contributed by atoms with Gasteiger partial charge in [-0.15, -0.1) is 0 Å². The summed E-state index contributed by atoms with van der Waals surface area (Å²) in [7, 11) is 0. The fourth-order valence-corrected chi connectivity index (χ4v) is 2.89. The van der Waals surface area contributed by atoms with Crippen LogP contribution in [0.2, 0.25) is 0 Å². The molecule has 0 saturated heterocycles. The highest BCUT2D eigenvalue weighted by atomic mass is 16.3. The topological polar surface area (TPSA) is 67.5 Å². The summed E-state index contributed by atoms with van der Waals surface area (Å²) in [5.74, 6) is -0.599. The molecule has 5 nitrogen and oxygen atoms in total. The Morgan fingerprint density at radius 2 is 1.80 bits per heavy atom. The van der Waals surface area contributed by atoms with E-state index in [1.54, 1.807) is 28.9 Å². The van der Waals surface area contributed by atoms with E-state index in [2.05, 4.69) is 17.3 Å². The predicted octanol–water partition coefficient (Wildman–Crippen LogP) is 2.10. The standard InChI is InChI=1S/C20H21N3O2/c1-2-3-14-23-18(15-10-6-4-7-11-15)17(20(25)22-23)21-19(24)16-12-8-5-9-13-16/h4-14,17-18H,2-3H2,1H3,(H-,21,22,24,25)/b23-14+/t17-,18-/m1/s1. The fourth-order valence-electron chi connectivity index (χ4n) is 2.89. The van der Waals surface area contributed by atoms with E-state index in [-0.39, 0.29) is 17.8 Å². The van der Waals surface area contributed by atoms with E-state index in [1.807, 2.05) is 42.6 Å². The van der Waals surface area contributed by atoms with Crippen LogP contribution in [-0.2, 0) is 0 Å².